The molecule has 4 amide bonds. The number of imide groups is 2. The largest absolute Gasteiger partial charge is 0.488 e. The Morgan fingerprint density at radius 3 is 2.46 bits per heavy atom. The molecule has 9 nitrogen and oxygen atoms in total. The molecule has 0 atom stereocenters. The van der Waals surface area contributed by atoms with Crippen LogP contribution < -0.4 is 15.0 Å². The molecular formula is C24H15BrFN3O6. The van der Waals surface area contributed by atoms with Gasteiger partial charge in [0.2, 0.25) is 0 Å². The van der Waals surface area contributed by atoms with Gasteiger partial charge in [0.1, 0.15) is 23.7 Å². The lowest BCUT2D eigenvalue weighted by Gasteiger charge is -2.26. The van der Waals surface area contributed by atoms with Gasteiger partial charge in [-0.1, -0.05) is 34.1 Å². The summed E-state index contributed by atoms with van der Waals surface area (Å²) in [5.41, 5.74) is 0.0949. The first-order valence-corrected chi connectivity index (χ1v) is 10.9. The Bertz CT molecular complexity index is 1390. The maximum Gasteiger partial charge on any atom is 0.335 e. The molecule has 3 aromatic carbocycles. The number of nitrogens with one attached hydrogen (secondary N) is 1. The number of carbonyl (C=O) groups is 3. The van der Waals surface area contributed by atoms with Crippen molar-refractivity contribution in [2.75, 3.05) is 4.90 Å². The molecule has 176 valence electrons. The third-order valence-electron chi connectivity index (χ3n) is 5.03. The Balaban J connectivity index is 1.67. The minimum atomic E-state index is -0.990. The van der Waals surface area contributed by atoms with E-state index in [4.69, 9.17) is 4.74 Å². The van der Waals surface area contributed by atoms with Crippen LogP contribution in [0.4, 0.5) is 20.6 Å². The van der Waals surface area contributed by atoms with Crippen molar-refractivity contribution in [1.29, 1.82) is 0 Å². The quantitative estimate of drug-likeness (QED) is 0.209. The topological polar surface area (TPSA) is 119 Å². The molecule has 0 spiro atoms. The van der Waals surface area contributed by atoms with Gasteiger partial charge in [-0.3, -0.25) is 25.0 Å². The highest BCUT2D eigenvalue weighted by atomic mass is 79.9. The number of rotatable bonds is 6. The summed E-state index contributed by atoms with van der Waals surface area (Å²) in [5, 5.41) is 13.0. The number of non-ortho nitro benzene ring substituents is 1. The van der Waals surface area contributed by atoms with Gasteiger partial charge >= 0.3 is 6.03 Å². The molecule has 1 aliphatic rings. The molecule has 0 bridgehead atoms. The fourth-order valence-corrected chi connectivity index (χ4v) is 3.68. The molecule has 1 fully saturated rings. The van der Waals surface area contributed by atoms with Crippen molar-refractivity contribution >= 4 is 51.2 Å². The zero-order chi connectivity index (χ0) is 25.1. The standard InChI is InChI=1S/C24H15BrFN3O6/c25-16-5-10-21(35-13-14-3-1-2-4-20(14)26)15(11-16)12-19-22(30)27-24(32)28(23(19)31)17-6-8-18(9-7-17)29(33)34/h1-12H,13H2,(H,27,30,32)/b19-12+. The van der Waals surface area contributed by atoms with Crippen LogP contribution in [0.3, 0.4) is 0 Å². The number of barbiturate groups is 1. The van der Waals surface area contributed by atoms with Crippen LogP contribution >= 0.6 is 15.9 Å². The van der Waals surface area contributed by atoms with E-state index < -0.39 is 28.6 Å². The lowest BCUT2D eigenvalue weighted by molar-refractivity contribution is -0.384. The first kappa shape index (κ1) is 23.8. The average molecular weight is 540 g/mol. The predicted molar refractivity (Wildman–Crippen MR) is 127 cm³/mol. The predicted octanol–water partition coefficient (Wildman–Crippen LogP) is 4.74. The van der Waals surface area contributed by atoms with Gasteiger partial charge in [0.15, 0.2) is 0 Å². The number of carbonyl (C=O) groups excluding carboxylic acids is 3. The van der Waals surface area contributed by atoms with Crippen molar-refractivity contribution in [3.05, 3.63) is 104 Å². The number of hydrogen-bond donors (Lipinski definition) is 1. The molecule has 35 heavy (non-hydrogen) atoms. The molecule has 11 heteroatoms. The zero-order valence-electron chi connectivity index (χ0n) is 17.7. The smallest absolute Gasteiger partial charge is 0.335 e. The normalized spacial score (nSPS) is 14.7. The van der Waals surface area contributed by atoms with Gasteiger partial charge in [-0.25, -0.2) is 14.1 Å². The second kappa shape index (κ2) is 9.85. The number of urea groups is 1. The van der Waals surface area contributed by atoms with Gasteiger partial charge in [0.05, 0.1) is 10.6 Å². The van der Waals surface area contributed by atoms with E-state index in [1.54, 1.807) is 36.4 Å². The van der Waals surface area contributed by atoms with E-state index in [0.29, 0.717) is 20.5 Å². The summed E-state index contributed by atoms with van der Waals surface area (Å²) in [6, 6.07) is 14.7. The Morgan fingerprint density at radius 2 is 1.77 bits per heavy atom. The maximum absolute atomic E-state index is 14.0. The summed E-state index contributed by atoms with van der Waals surface area (Å²) in [7, 11) is 0. The van der Waals surface area contributed by atoms with Crippen LogP contribution in [-0.2, 0) is 16.2 Å². The number of nitro groups is 1. The number of nitro benzene ring substituents is 1. The minimum Gasteiger partial charge on any atom is -0.488 e. The van der Waals surface area contributed by atoms with Gasteiger partial charge in [0.25, 0.3) is 17.5 Å². The highest BCUT2D eigenvalue weighted by Gasteiger charge is 2.37. The van der Waals surface area contributed by atoms with E-state index in [9.17, 15) is 28.9 Å². The van der Waals surface area contributed by atoms with Crippen molar-refractivity contribution in [2.45, 2.75) is 6.61 Å². The average Bonchev–Trinajstić information content (AvgIpc) is 2.82. The molecule has 1 N–H and O–H groups in total. The fourth-order valence-electron chi connectivity index (χ4n) is 3.31. The third-order valence-corrected chi connectivity index (χ3v) is 5.53. The van der Waals surface area contributed by atoms with E-state index in [1.165, 1.54) is 24.3 Å². The molecule has 0 aromatic heterocycles. The van der Waals surface area contributed by atoms with Crippen LogP contribution in [0.25, 0.3) is 6.08 Å². The molecule has 0 unspecified atom stereocenters. The summed E-state index contributed by atoms with van der Waals surface area (Å²) >= 11 is 3.33. The fraction of sp³-hybridized carbons (Fsp3) is 0.0417. The van der Waals surface area contributed by atoms with Crippen molar-refractivity contribution in [1.82, 2.24) is 5.32 Å². The van der Waals surface area contributed by atoms with Crippen LogP contribution in [0, 0.1) is 15.9 Å². The molecule has 1 heterocycles. The number of amides is 4. The second-order valence-corrected chi connectivity index (χ2v) is 8.21. The first-order valence-electron chi connectivity index (χ1n) is 10.1. The van der Waals surface area contributed by atoms with Gasteiger partial charge < -0.3 is 4.74 Å². The Morgan fingerprint density at radius 1 is 1.06 bits per heavy atom. The minimum absolute atomic E-state index is 0.0433. The van der Waals surface area contributed by atoms with Crippen LogP contribution in [0.1, 0.15) is 11.1 Å². The van der Waals surface area contributed by atoms with Crippen LogP contribution in [0.2, 0.25) is 0 Å². The van der Waals surface area contributed by atoms with Gasteiger partial charge in [-0.2, -0.15) is 0 Å². The number of benzene rings is 3. The molecule has 3 aromatic rings. The molecule has 1 aliphatic heterocycles. The summed E-state index contributed by atoms with van der Waals surface area (Å²) in [4.78, 5) is 49.0. The summed E-state index contributed by atoms with van der Waals surface area (Å²) in [6.45, 7) is -0.0992. The molecule has 1 saturated heterocycles. The Hall–Kier alpha value is -4.38. The lowest BCUT2D eigenvalue weighted by Crippen LogP contribution is -2.54. The maximum atomic E-state index is 14.0. The molecule has 0 aliphatic carbocycles. The molecule has 0 saturated carbocycles. The summed E-state index contributed by atoms with van der Waals surface area (Å²) < 4.78 is 20.3. The van der Waals surface area contributed by atoms with E-state index in [0.717, 1.165) is 12.1 Å². The van der Waals surface area contributed by atoms with Crippen LogP contribution in [0.5, 0.6) is 5.75 Å². The van der Waals surface area contributed by atoms with Crippen molar-refractivity contribution in [2.24, 2.45) is 0 Å². The summed E-state index contributed by atoms with van der Waals surface area (Å²) in [5.74, 6) is -2.02. The second-order valence-electron chi connectivity index (χ2n) is 7.29. The highest BCUT2D eigenvalue weighted by Crippen LogP contribution is 2.29. The van der Waals surface area contributed by atoms with E-state index in [2.05, 4.69) is 21.2 Å². The van der Waals surface area contributed by atoms with Gasteiger partial charge in [-0.05, 0) is 42.5 Å². The summed E-state index contributed by atoms with van der Waals surface area (Å²) in [6.07, 6.45) is 1.25. The van der Waals surface area contributed by atoms with Crippen LogP contribution in [-0.4, -0.2) is 22.8 Å². The van der Waals surface area contributed by atoms with E-state index >= 15 is 0 Å². The van der Waals surface area contributed by atoms with E-state index in [-0.39, 0.29) is 29.3 Å². The van der Waals surface area contributed by atoms with Gasteiger partial charge in [-0.15, -0.1) is 0 Å². The SMILES string of the molecule is O=C1NC(=O)N(c2ccc([N+](=O)[O-])cc2)C(=O)/C1=C/c1cc(Br)ccc1OCc1ccccc1F. The van der Waals surface area contributed by atoms with Crippen molar-refractivity contribution in [3.63, 3.8) is 0 Å². The Labute approximate surface area is 206 Å². The number of hydrogen-bond acceptors (Lipinski definition) is 6. The molecule has 4 rings (SSSR count). The third kappa shape index (κ3) is 5.09. The number of halogens is 2. The van der Waals surface area contributed by atoms with Crippen LogP contribution in [0.15, 0.2) is 76.8 Å². The lowest BCUT2D eigenvalue weighted by atomic mass is 10.1. The van der Waals surface area contributed by atoms with Crippen molar-refractivity contribution < 1.29 is 28.4 Å². The van der Waals surface area contributed by atoms with Gasteiger partial charge in [0, 0.05) is 27.7 Å². The molecule has 0 radical (unpaired) electrons. The number of ether oxygens (including phenoxy) is 1. The monoisotopic (exact) mass is 539 g/mol. The van der Waals surface area contributed by atoms with E-state index in [1.807, 2.05) is 0 Å². The molecular weight excluding hydrogens is 525 g/mol. The highest BCUT2D eigenvalue weighted by molar-refractivity contribution is 9.10. The van der Waals surface area contributed by atoms with Crippen molar-refractivity contribution in [3.8, 4) is 5.75 Å². The first-order chi connectivity index (χ1) is 16.7. The number of anilines is 1. The Kier molecular flexibility index (Phi) is 6.69. The zero-order valence-corrected chi connectivity index (χ0v) is 19.3. The number of nitrogens with zero attached hydrogens (tertiary/aromatic N) is 2.